The standard InChI is InChI=1S/C44H56N2O5/c1-12-19-45(11)31(48)16-17-42(8)29-14-13-24-20-27-26-21-25-28-22-40(4,5)51-41(6,7)34(28)37(49)32(25)33-36(26)46(35(23(2)3)38(33)50)39(27)44(24,10)43(29,9)18-15-30(42)47/h12,16-17,21-22,24,29-30,34-35,37,47,49H,1-2,13-15,18-20H2,3-11H3/b17-16+/t24-,29-,30-,34+,35-,37+,42-,43-,44+/m0/s1. The Kier molecular flexibility index (Phi) is 7.28. The molecule has 51 heavy (non-hydrogen) atoms. The van der Waals surface area contributed by atoms with Crippen LogP contribution in [0.4, 0.5) is 0 Å². The van der Waals surface area contributed by atoms with Crippen molar-refractivity contribution in [2.24, 2.45) is 28.6 Å². The molecule has 2 N–H and O–H groups in total. The van der Waals surface area contributed by atoms with Crippen molar-refractivity contribution in [1.82, 2.24) is 9.47 Å². The molecule has 2 aliphatic heterocycles. The van der Waals surface area contributed by atoms with Crippen LogP contribution >= 0.6 is 0 Å². The van der Waals surface area contributed by atoms with Crippen LogP contribution in [0, 0.1) is 28.6 Å². The molecule has 9 atom stereocenters. The second kappa shape index (κ2) is 10.7. The van der Waals surface area contributed by atoms with Crippen molar-refractivity contribution in [1.29, 1.82) is 0 Å². The van der Waals surface area contributed by atoms with E-state index in [1.165, 1.54) is 11.3 Å². The Morgan fingerprint density at radius 1 is 1.12 bits per heavy atom. The molecule has 0 bridgehead atoms. The van der Waals surface area contributed by atoms with Gasteiger partial charge in [0.15, 0.2) is 5.78 Å². The van der Waals surface area contributed by atoms with Crippen LogP contribution < -0.4 is 0 Å². The molecule has 0 spiro atoms. The van der Waals surface area contributed by atoms with Crippen LogP contribution in [0.1, 0.15) is 126 Å². The topological polar surface area (TPSA) is 92.0 Å². The molecule has 7 nitrogen and oxygen atoms in total. The molecule has 0 radical (unpaired) electrons. The molecule has 4 aliphatic carbocycles. The van der Waals surface area contributed by atoms with Crippen molar-refractivity contribution in [2.45, 2.75) is 122 Å². The summed E-state index contributed by atoms with van der Waals surface area (Å²) in [6.45, 7) is 25.8. The molecule has 0 saturated heterocycles. The SMILES string of the molecule is C=CCN(C)C(=O)/C=C/[C@]1(C)[C@@H](O)CC[C@@]2(C)[C@H]1CC[C@H]1Cc3c(n4c5c(c6c(cc35)C3=CC(C)(C)OC(C)(C)[C@H]3[C@@H]6O)C(=O)[C@@H]4C(=C)C)[C@@]12C. The first-order valence-electron chi connectivity index (χ1n) is 19.0. The Labute approximate surface area is 303 Å². The Hall–Kier alpha value is -3.26. The van der Waals surface area contributed by atoms with Crippen LogP contribution in [0.15, 0.2) is 49.1 Å². The third-order valence-electron chi connectivity index (χ3n) is 15.0. The van der Waals surface area contributed by atoms with E-state index < -0.39 is 34.9 Å². The number of carbonyl (C=O) groups excluding carboxylic acids is 2. The number of hydrogen-bond donors (Lipinski definition) is 2. The fourth-order valence-corrected chi connectivity index (χ4v) is 12.8. The van der Waals surface area contributed by atoms with E-state index in [2.05, 4.69) is 78.3 Å². The molecule has 7 heteroatoms. The average molecular weight is 693 g/mol. The van der Waals surface area contributed by atoms with Crippen LogP contribution in [0.5, 0.6) is 0 Å². The predicted octanol–water partition coefficient (Wildman–Crippen LogP) is 7.80. The first kappa shape index (κ1) is 34.8. The third-order valence-corrected chi connectivity index (χ3v) is 15.0. The van der Waals surface area contributed by atoms with Crippen molar-refractivity contribution in [3.8, 4) is 0 Å². The van der Waals surface area contributed by atoms with Crippen molar-refractivity contribution < 1.29 is 24.5 Å². The highest BCUT2D eigenvalue weighted by Crippen LogP contribution is 2.71. The van der Waals surface area contributed by atoms with Gasteiger partial charge in [0.05, 0.1) is 34.5 Å². The maximum absolute atomic E-state index is 14.9. The number of rotatable bonds is 5. The van der Waals surface area contributed by atoms with Crippen molar-refractivity contribution in [3.63, 3.8) is 0 Å². The lowest BCUT2D eigenvalue weighted by Gasteiger charge is -2.64. The number of benzene rings is 1. The van der Waals surface area contributed by atoms with Crippen molar-refractivity contribution in [3.05, 3.63) is 77.0 Å². The number of carbonyl (C=O) groups is 2. The molecule has 2 saturated carbocycles. The minimum Gasteiger partial charge on any atom is -0.392 e. The molecule has 272 valence electrons. The molecule has 1 aromatic heterocycles. The maximum Gasteiger partial charge on any atom is 0.246 e. The molecule has 6 aliphatic rings. The van der Waals surface area contributed by atoms with Crippen LogP contribution in [-0.4, -0.2) is 62.3 Å². The summed E-state index contributed by atoms with van der Waals surface area (Å²) in [4.78, 5) is 29.6. The zero-order valence-corrected chi connectivity index (χ0v) is 32.0. The van der Waals surface area contributed by atoms with Gasteiger partial charge >= 0.3 is 0 Å². The number of allylic oxidation sites excluding steroid dienone is 1. The first-order chi connectivity index (χ1) is 23.7. The average Bonchev–Trinajstić information content (AvgIpc) is 3.70. The summed E-state index contributed by atoms with van der Waals surface area (Å²) in [5, 5.41) is 25.0. The molecule has 8 rings (SSSR count). The zero-order valence-electron chi connectivity index (χ0n) is 32.0. The van der Waals surface area contributed by atoms with Crippen LogP contribution in [-0.2, 0) is 21.4 Å². The summed E-state index contributed by atoms with van der Waals surface area (Å²) in [7, 11) is 1.77. The van der Waals surface area contributed by atoms with Gasteiger partial charge in [0.25, 0.3) is 0 Å². The fraction of sp³-hybridized carbons (Fsp3) is 0.591. The Bertz CT molecular complexity index is 2010. The summed E-state index contributed by atoms with van der Waals surface area (Å²) in [5.74, 6) is 0.146. The number of Topliss-reactive ketones (excluding diaryl/α,β-unsaturated/α-hetero) is 1. The number of ether oxygens (including phenoxy) is 1. The number of likely N-dealkylation sites (N-methyl/N-ethyl adjacent to an activating group) is 1. The number of aliphatic hydroxyl groups excluding tert-OH is 2. The quantitative estimate of drug-likeness (QED) is 0.247. The Morgan fingerprint density at radius 2 is 1.82 bits per heavy atom. The number of fused-ring (bicyclic) bond motifs is 11. The van der Waals surface area contributed by atoms with E-state index in [-0.39, 0.29) is 34.4 Å². The highest BCUT2D eigenvalue weighted by Gasteiger charge is 2.68. The Balaban J connectivity index is 1.34. The van der Waals surface area contributed by atoms with Crippen LogP contribution in [0.2, 0.25) is 0 Å². The molecule has 2 fully saturated rings. The number of aromatic nitrogens is 1. The van der Waals surface area contributed by atoms with Gasteiger partial charge in [-0.1, -0.05) is 45.1 Å². The van der Waals surface area contributed by atoms with Gasteiger partial charge in [-0.3, -0.25) is 9.59 Å². The largest absolute Gasteiger partial charge is 0.392 e. The number of ketones is 1. The normalized spacial score (nSPS) is 38.2. The molecule has 2 aromatic rings. The van der Waals surface area contributed by atoms with Gasteiger partial charge in [-0.2, -0.15) is 0 Å². The molecular formula is C44H56N2O5. The van der Waals surface area contributed by atoms with E-state index in [4.69, 9.17) is 4.74 Å². The number of nitrogens with zero attached hydrogens (tertiary/aromatic N) is 2. The summed E-state index contributed by atoms with van der Waals surface area (Å²) in [5.41, 5.74) is 5.54. The molecular weight excluding hydrogens is 636 g/mol. The fourth-order valence-electron chi connectivity index (χ4n) is 12.8. The van der Waals surface area contributed by atoms with Crippen LogP contribution in [0.25, 0.3) is 16.5 Å². The summed E-state index contributed by atoms with van der Waals surface area (Å²) in [6, 6.07) is 1.76. The molecule has 3 heterocycles. The van der Waals surface area contributed by atoms with Gasteiger partial charge in [-0.15, -0.1) is 6.58 Å². The van der Waals surface area contributed by atoms with E-state index >= 15 is 0 Å². The smallest absolute Gasteiger partial charge is 0.246 e. The van der Waals surface area contributed by atoms with Gasteiger partial charge in [0, 0.05) is 47.0 Å². The van der Waals surface area contributed by atoms with E-state index in [9.17, 15) is 19.8 Å². The minimum atomic E-state index is -0.858. The molecule has 1 aromatic carbocycles. The van der Waals surface area contributed by atoms with Crippen LogP contribution in [0.3, 0.4) is 0 Å². The lowest BCUT2D eigenvalue weighted by atomic mass is 9.40. The van der Waals surface area contributed by atoms with Gasteiger partial charge in [0.2, 0.25) is 5.91 Å². The summed E-state index contributed by atoms with van der Waals surface area (Å²) in [6.07, 6.45) is 10.5. The highest BCUT2D eigenvalue weighted by atomic mass is 16.5. The van der Waals surface area contributed by atoms with Crippen molar-refractivity contribution in [2.75, 3.05) is 13.6 Å². The maximum atomic E-state index is 14.9. The highest BCUT2D eigenvalue weighted by molar-refractivity contribution is 6.18. The second-order valence-corrected chi connectivity index (χ2v) is 18.7. The molecule has 0 unspecified atom stereocenters. The van der Waals surface area contributed by atoms with E-state index in [1.54, 1.807) is 24.1 Å². The van der Waals surface area contributed by atoms with Gasteiger partial charge in [0.1, 0.15) is 6.04 Å². The zero-order chi connectivity index (χ0) is 37.0. The monoisotopic (exact) mass is 692 g/mol. The predicted molar refractivity (Wildman–Crippen MR) is 201 cm³/mol. The number of aliphatic hydroxyl groups is 2. The first-order valence-corrected chi connectivity index (χ1v) is 19.0. The number of hydrogen-bond acceptors (Lipinski definition) is 5. The summed E-state index contributed by atoms with van der Waals surface area (Å²) >= 11 is 0. The van der Waals surface area contributed by atoms with Gasteiger partial charge < -0.3 is 24.4 Å². The van der Waals surface area contributed by atoms with E-state index in [1.807, 2.05) is 13.0 Å². The minimum absolute atomic E-state index is 0.0250. The lowest BCUT2D eigenvalue weighted by molar-refractivity contribution is -0.145. The lowest BCUT2D eigenvalue weighted by Crippen LogP contribution is -2.62. The second-order valence-electron chi connectivity index (χ2n) is 18.7. The Morgan fingerprint density at radius 3 is 2.49 bits per heavy atom. The van der Waals surface area contributed by atoms with Gasteiger partial charge in [-0.05, 0) is 119 Å². The van der Waals surface area contributed by atoms with E-state index in [0.717, 1.165) is 58.9 Å². The summed E-state index contributed by atoms with van der Waals surface area (Å²) < 4.78 is 8.88. The molecule has 1 amide bonds. The van der Waals surface area contributed by atoms with Gasteiger partial charge in [-0.25, -0.2) is 0 Å². The van der Waals surface area contributed by atoms with Crippen molar-refractivity contribution >= 4 is 28.2 Å². The van der Waals surface area contributed by atoms with E-state index in [0.29, 0.717) is 24.4 Å². The third kappa shape index (κ3) is 4.23. The number of amides is 1.